The van der Waals surface area contributed by atoms with E-state index in [1.807, 2.05) is 6.20 Å². The normalized spacial score (nSPS) is 27.2. The van der Waals surface area contributed by atoms with Gasteiger partial charge in [-0.25, -0.2) is 4.98 Å². The summed E-state index contributed by atoms with van der Waals surface area (Å²) in [6.07, 6.45) is 1.97. The molecule has 2 saturated heterocycles. The van der Waals surface area contributed by atoms with Gasteiger partial charge in [0.2, 0.25) is 0 Å². The highest BCUT2D eigenvalue weighted by Crippen LogP contribution is 2.36. The molecular weight excluding hydrogens is 476 g/mol. The molecule has 11 nitrogen and oxygen atoms in total. The van der Waals surface area contributed by atoms with Crippen molar-refractivity contribution in [2.45, 2.75) is 43.3 Å². The van der Waals surface area contributed by atoms with Crippen molar-refractivity contribution < 1.29 is 24.1 Å². The number of pyridine rings is 2. The van der Waals surface area contributed by atoms with Crippen LogP contribution < -0.4 is 15.4 Å². The molecule has 0 spiro atoms. The molecule has 3 aliphatic rings. The quantitative estimate of drug-likeness (QED) is 0.339. The number of aromatic amines is 1. The van der Waals surface area contributed by atoms with E-state index in [1.54, 1.807) is 13.2 Å². The van der Waals surface area contributed by atoms with Crippen molar-refractivity contribution in [2.75, 3.05) is 44.1 Å². The van der Waals surface area contributed by atoms with E-state index in [-0.39, 0.29) is 31.0 Å². The molecule has 2 aliphatic heterocycles. The number of nitrogens with one attached hydrogen (secondary N) is 3. The number of rotatable bonds is 8. The number of methoxy groups -OCH3 is 1. The predicted octanol–water partition coefficient (Wildman–Crippen LogP) is 2.07. The molecule has 0 bridgehead atoms. The molecule has 6 rings (SSSR count). The molecule has 1 aliphatic carbocycles. The summed E-state index contributed by atoms with van der Waals surface area (Å²) in [5, 5.41) is 17.2. The van der Waals surface area contributed by atoms with E-state index in [9.17, 15) is 5.11 Å². The molecule has 2 fully saturated rings. The van der Waals surface area contributed by atoms with E-state index in [2.05, 4.69) is 36.6 Å². The Morgan fingerprint density at radius 1 is 1.23 bits per heavy atom. The molecule has 0 radical (unpaired) electrons. The number of nitrogens with zero attached hydrogens (tertiary/aromatic N) is 3. The first-order chi connectivity index (χ1) is 17.1. The van der Waals surface area contributed by atoms with Gasteiger partial charge in [-0.05, 0) is 30.5 Å². The number of H-pyrrole nitrogens is 1. The number of ether oxygens (including phenoxy) is 4. The van der Waals surface area contributed by atoms with Gasteiger partial charge in [-0.2, -0.15) is 4.98 Å². The van der Waals surface area contributed by atoms with Crippen molar-refractivity contribution in [3.05, 3.63) is 34.6 Å². The lowest BCUT2D eigenvalue weighted by atomic mass is 10.1. The van der Waals surface area contributed by atoms with Gasteiger partial charge in [0.25, 0.3) is 6.01 Å². The van der Waals surface area contributed by atoms with Crippen LogP contribution in [0.15, 0.2) is 18.3 Å². The van der Waals surface area contributed by atoms with Gasteiger partial charge in [-0.15, -0.1) is 0 Å². The Balaban J connectivity index is 1.16. The number of aliphatic hydroxyl groups is 1. The first kappa shape index (κ1) is 22.7. The van der Waals surface area contributed by atoms with E-state index >= 15 is 0 Å². The molecule has 5 heterocycles. The molecule has 4 N–H and O–H groups in total. The average Bonchev–Trinajstić information content (AvgIpc) is 3.61. The van der Waals surface area contributed by atoms with Gasteiger partial charge in [0.05, 0.1) is 54.0 Å². The molecular formula is C23H27ClN6O5. The second-order valence-corrected chi connectivity index (χ2v) is 9.38. The van der Waals surface area contributed by atoms with Crippen molar-refractivity contribution >= 4 is 34.3 Å². The van der Waals surface area contributed by atoms with Crippen LogP contribution in [0.4, 0.5) is 11.5 Å². The van der Waals surface area contributed by atoms with Crippen molar-refractivity contribution in [2.24, 2.45) is 0 Å². The van der Waals surface area contributed by atoms with Gasteiger partial charge in [0.1, 0.15) is 24.1 Å². The third-order valence-electron chi connectivity index (χ3n) is 6.63. The molecule has 186 valence electrons. The van der Waals surface area contributed by atoms with Crippen molar-refractivity contribution in [3.63, 3.8) is 0 Å². The Morgan fingerprint density at radius 2 is 2.11 bits per heavy atom. The molecule has 12 heteroatoms. The number of fused-ring (bicyclic) bond motifs is 3. The lowest BCUT2D eigenvalue weighted by Crippen LogP contribution is -2.34. The fourth-order valence-corrected chi connectivity index (χ4v) is 5.12. The maximum absolute atomic E-state index is 9.92. The first-order valence-electron chi connectivity index (χ1n) is 11.7. The zero-order chi connectivity index (χ0) is 23.9. The van der Waals surface area contributed by atoms with Crippen LogP contribution in [0, 0.1) is 0 Å². The summed E-state index contributed by atoms with van der Waals surface area (Å²) in [7, 11) is 1.68. The van der Waals surface area contributed by atoms with Gasteiger partial charge in [-0.1, -0.05) is 11.6 Å². The van der Waals surface area contributed by atoms with E-state index in [0.717, 1.165) is 30.8 Å². The van der Waals surface area contributed by atoms with Crippen LogP contribution in [0.2, 0.25) is 5.02 Å². The van der Waals surface area contributed by atoms with E-state index in [1.165, 1.54) is 5.56 Å². The van der Waals surface area contributed by atoms with Gasteiger partial charge in [0.15, 0.2) is 11.8 Å². The van der Waals surface area contributed by atoms with Gasteiger partial charge < -0.3 is 39.7 Å². The zero-order valence-corrected chi connectivity index (χ0v) is 19.9. The maximum atomic E-state index is 9.92. The fourth-order valence-electron chi connectivity index (χ4n) is 4.91. The van der Waals surface area contributed by atoms with Gasteiger partial charge >= 0.3 is 0 Å². The SMILES string of the molecule is COCCNc1cnc2c(c1)CCC2Nc1nc2nc(O[C@@H]3COC4[C@H](O)CO[C@@H]43)[nH]c2cc1Cl. The van der Waals surface area contributed by atoms with Crippen molar-refractivity contribution in [1.29, 1.82) is 0 Å². The lowest BCUT2D eigenvalue weighted by molar-refractivity contribution is 0.00706. The Morgan fingerprint density at radius 3 is 3.00 bits per heavy atom. The molecule has 35 heavy (non-hydrogen) atoms. The number of aryl methyl sites for hydroxylation is 1. The smallest absolute Gasteiger partial charge is 0.296 e. The summed E-state index contributed by atoms with van der Waals surface area (Å²) < 4.78 is 22.3. The number of halogens is 1. The monoisotopic (exact) mass is 502 g/mol. The van der Waals surface area contributed by atoms with Crippen LogP contribution >= 0.6 is 11.6 Å². The minimum absolute atomic E-state index is 0.00801. The van der Waals surface area contributed by atoms with Crippen LogP contribution in [0.1, 0.15) is 23.7 Å². The summed E-state index contributed by atoms with van der Waals surface area (Å²) in [5.41, 5.74) is 4.34. The Labute approximate surface area is 206 Å². The highest BCUT2D eigenvalue weighted by molar-refractivity contribution is 6.33. The van der Waals surface area contributed by atoms with Gasteiger partial charge in [0, 0.05) is 13.7 Å². The first-order valence-corrected chi connectivity index (χ1v) is 12.1. The molecule has 3 aromatic rings. The third-order valence-corrected chi connectivity index (χ3v) is 6.92. The number of hydrogen-bond donors (Lipinski definition) is 4. The number of hydrogen-bond acceptors (Lipinski definition) is 10. The maximum Gasteiger partial charge on any atom is 0.296 e. The van der Waals surface area contributed by atoms with E-state index in [4.69, 9.17) is 30.5 Å². The van der Waals surface area contributed by atoms with Crippen LogP contribution in [0.5, 0.6) is 6.01 Å². The summed E-state index contributed by atoms with van der Waals surface area (Å²) in [6, 6.07) is 4.23. The number of anilines is 2. The number of aliphatic hydroxyl groups excluding tert-OH is 1. The van der Waals surface area contributed by atoms with E-state index in [0.29, 0.717) is 41.2 Å². The average molecular weight is 503 g/mol. The Kier molecular flexibility index (Phi) is 6.11. The summed E-state index contributed by atoms with van der Waals surface area (Å²) in [5.74, 6) is 0.547. The molecule has 0 aromatic carbocycles. The van der Waals surface area contributed by atoms with Crippen LogP contribution in [0.25, 0.3) is 11.2 Å². The minimum atomic E-state index is -0.632. The summed E-state index contributed by atoms with van der Waals surface area (Å²) >= 11 is 6.55. The lowest BCUT2D eigenvalue weighted by Gasteiger charge is -2.15. The second-order valence-electron chi connectivity index (χ2n) is 8.98. The largest absolute Gasteiger partial charge is 0.456 e. The Bertz CT molecular complexity index is 1220. The number of imidazole rings is 1. The van der Waals surface area contributed by atoms with Crippen LogP contribution in [0.3, 0.4) is 0 Å². The predicted molar refractivity (Wildman–Crippen MR) is 128 cm³/mol. The summed E-state index contributed by atoms with van der Waals surface area (Å²) in [6.45, 7) is 1.94. The van der Waals surface area contributed by atoms with Crippen LogP contribution in [-0.2, 0) is 20.6 Å². The molecule has 2 unspecified atom stereocenters. The molecule has 0 amide bonds. The number of aromatic nitrogens is 4. The zero-order valence-electron chi connectivity index (χ0n) is 19.2. The van der Waals surface area contributed by atoms with E-state index < -0.39 is 6.10 Å². The topological polar surface area (TPSA) is 136 Å². The second kappa shape index (κ2) is 9.40. The minimum Gasteiger partial charge on any atom is -0.456 e. The summed E-state index contributed by atoms with van der Waals surface area (Å²) in [4.78, 5) is 16.9. The molecule has 3 aromatic heterocycles. The highest BCUT2D eigenvalue weighted by atomic mass is 35.5. The highest BCUT2D eigenvalue weighted by Gasteiger charge is 2.48. The van der Waals surface area contributed by atoms with Crippen molar-refractivity contribution in [1.82, 2.24) is 19.9 Å². The molecule has 0 saturated carbocycles. The molecule has 5 atom stereocenters. The van der Waals surface area contributed by atoms with Crippen LogP contribution in [-0.4, -0.2) is 82.9 Å². The standard InChI is InChI=1S/C23H27ClN6O5/c1-32-5-4-25-12-6-11-2-3-14(18(11)26-8-12)27-21-13(24)7-15-22(29-21)30-23(28-15)35-17-10-34-19-16(31)9-33-20(17)19/h6-8,14,16-17,19-20,25,31H,2-5,9-10H2,1H3,(H2,27,28,29,30)/t14?,16-,17-,19?,20-/m1/s1. The van der Waals surface area contributed by atoms with Crippen molar-refractivity contribution in [3.8, 4) is 6.01 Å². The third kappa shape index (κ3) is 4.38. The van der Waals surface area contributed by atoms with Gasteiger partial charge in [-0.3, -0.25) is 4.98 Å². The Hall–Kier alpha value is -2.70. The fraction of sp³-hybridized carbons (Fsp3) is 0.522.